The van der Waals surface area contributed by atoms with E-state index in [0.29, 0.717) is 0 Å². The lowest BCUT2D eigenvalue weighted by molar-refractivity contribution is -0.115. The number of halogens is 1. The van der Waals surface area contributed by atoms with Gasteiger partial charge in [-0.25, -0.2) is 0 Å². The maximum absolute atomic E-state index is 12.3. The molecule has 0 radical (unpaired) electrons. The van der Waals surface area contributed by atoms with Crippen LogP contribution in [-0.2, 0) is 10.2 Å². The summed E-state index contributed by atoms with van der Waals surface area (Å²) in [4.78, 5) is 12.3. The van der Waals surface area contributed by atoms with Gasteiger partial charge in [0.15, 0.2) is 0 Å². The first kappa shape index (κ1) is 16.5. The van der Waals surface area contributed by atoms with E-state index >= 15 is 0 Å². The summed E-state index contributed by atoms with van der Waals surface area (Å²) >= 11 is 6.02. The Hall–Kier alpha value is -2.38. The van der Waals surface area contributed by atoms with Crippen LogP contribution in [0, 0.1) is 5.92 Å². The lowest BCUT2D eigenvalue weighted by Crippen LogP contribution is -2.39. The zero-order valence-corrected chi connectivity index (χ0v) is 14.3. The summed E-state index contributed by atoms with van der Waals surface area (Å²) < 4.78 is 0. The number of benzene rings is 3. The molecule has 0 bridgehead atoms. The molecule has 0 fully saturated rings. The summed E-state index contributed by atoms with van der Waals surface area (Å²) in [5.41, 5.74) is 2.56. The number of rotatable bonds is 5. The second kappa shape index (κ2) is 7.02. The standard InChI is InChI=1S/C22H19ClO/c1-17(21(23)24)22(18-11-5-2-6-12-18,19-13-7-3-8-14-19)20-15-9-4-10-16-20/h2-17H,1H3. The molecule has 3 rings (SSSR count). The Labute approximate surface area is 147 Å². The normalized spacial score (nSPS) is 12.6. The molecule has 1 unspecified atom stereocenters. The Bertz CT molecular complexity index is 700. The molecule has 1 nitrogen and oxygen atoms in total. The van der Waals surface area contributed by atoms with Crippen molar-refractivity contribution in [1.82, 2.24) is 0 Å². The fourth-order valence-electron chi connectivity index (χ4n) is 3.52. The van der Waals surface area contributed by atoms with E-state index in [4.69, 9.17) is 11.6 Å². The third-order valence-corrected chi connectivity index (χ3v) is 5.00. The van der Waals surface area contributed by atoms with E-state index in [1.54, 1.807) is 0 Å². The molecular weight excluding hydrogens is 316 g/mol. The van der Waals surface area contributed by atoms with Gasteiger partial charge in [-0.15, -0.1) is 0 Å². The van der Waals surface area contributed by atoms with Crippen molar-refractivity contribution in [3.8, 4) is 0 Å². The zero-order chi connectivity index (χ0) is 17.0. The van der Waals surface area contributed by atoms with Gasteiger partial charge in [0, 0.05) is 5.92 Å². The van der Waals surface area contributed by atoms with Crippen LogP contribution in [0.1, 0.15) is 23.6 Å². The summed E-state index contributed by atoms with van der Waals surface area (Å²) in [5.74, 6) is -0.411. The molecular formula is C22H19ClO. The van der Waals surface area contributed by atoms with Gasteiger partial charge >= 0.3 is 0 Å². The minimum atomic E-state index is -0.622. The Balaban J connectivity index is 2.39. The van der Waals surface area contributed by atoms with Crippen LogP contribution in [0.3, 0.4) is 0 Å². The van der Waals surface area contributed by atoms with Crippen LogP contribution in [0.4, 0.5) is 0 Å². The molecule has 0 saturated carbocycles. The van der Waals surface area contributed by atoms with Gasteiger partial charge in [0.05, 0.1) is 5.41 Å². The van der Waals surface area contributed by atoms with E-state index in [-0.39, 0.29) is 5.24 Å². The molecule has 0 N–H and O–H groups in total. The second-order valence-corrected chi connectivity index (χ2v) is 6.30. The lowest BCUT2D eigenvalue weighted by atomic mass is 9.62. The summed E-state index contributed by atoms with van der Waals surface area (Å²) in [6, 6.07) is 30.4. The Kier molecular flexibility index (Phi) is 4.82. The number of carbonyl (C=O) groups is 1. The van der Waals surface area contributed by atoms with Crippen molar-refractivity contribution in [3.63, 3.8) is 0 Å². The van der Waals surface area contributed by atoms with Crippen molar-refractivity contribution in [2.24, 2.45) is 5.92 Å². The van der Waals surface area contributed by atoms with Gasteiger partial charge in [0.2, 0.25) is 5.24 Å². The molecule has 0 aliphatic heterocycles. The molecule has 0 amide bonds. The smallest absolute Gasteiger partial charge is 0.226 e. The van der Waals surface area contributed by atoms with Crippen molar-refractivity contribution in [2.45, 2.75) is 12.3 Å². The maximum Gasteiger partial charge on any atom is 0.226 e. The van der Waals surface area contributed by atoms with Gasteiger partial charge < -0.3 is 0 Å². The predicted molar refractivity (Wildman–Crippen MR) is 99.2 cm³/mol. The quantitative estimate of drug-likeness (QED) is 0.449. The Morgan fingerprint density at radius 2 is 1.00 bits per heavy atom. The largest absolute Gasteiger partial charge is 0.281 e. The molecule has 120 valence electrons. The van der Waals surface area contributed by atoms with Gasteiger partial charge in [0.25, 0.3) is 0 Å². The van der Waals surface area contributed by atoms with Crippen molar-refractivity contribution >= 4 is 16.8 Å². The van der Waals surface area contributed by atoms with E-state index in [1.165, 1.54) is 0 Å². The van der Waals surface area contributed by atoms with Crippen molar-refractivity contribution in [3.05, 3.63) is 108 Å². The molecule has 0 spiro atoms. The minimum Gasteiger partial charge on any atom is -0.281 e. The van der Waals surface area contributed by atoms with E-state index in [1.807, 2.05) is 61.5 Å². The summed E-state index contributed by atoms with van der Waals surface area (Å²) in [6.07, 6.45) is 0. The Morgan fingerprint density at radius 3 is 1.25 bits per heavy atom. The van der Waals surface area contributed by atoms with Gasteiger partial charge in [-0.05, 0) is 28.3 Å². The predicted octanol–water partition coefficient (Wildman–Crippen LogP) is 5.42. The van der Waals surface area contributed by atoms with Crippen molar-refractivity contribution in [2.75, 3.05) is 0 Å². The van der Waals surface area contributed by atoms with Crippen LogP contribution in [0.25, 0.3) is 0 Å². The number of carbonyl (C=O) groups excluding carboxylic acids is 1. The Morgan fingerprint density at radius 1 is 0.708 bits per heavy atom. The van der Waals surface area contributed by atoms with Crippen LogP contribution >= 0.6 is 11.6 Å². The van der Waals surface area contributed by atoms with Crippen LogP contribution in [0.2, 0.25) is 0 Å². The molecule has 1 atom stereocenters. The first-order chi connectivity index (χ1) is 11.7. The zero-order valence-electron chi connectivity index (χ0n) is 13.5. The van der Waals surface area contributed by atoms with Gasteiger partial charge in [-0.3, -0.25) is 4.79 Å². The molecule has 0 aliphatic carbocycles. The second-order valence-electron chi connectivity index (χ2n) is 5.93. The summed E-state index contributed by atoms with van der Waals surface area (Å²) in [7, 11) is 0. The van der Waals surface area contributed by atoms with E-state index < -0.39 is 11.3 Å². The van der Waals surface area contributed by atoms with E-state index in [0.717, 1.165) is 16.7 Å². The fourth-order valence-corrected chi connectivity index (χ4v) is 3.69. The van der Waals surface area contributed by atoms with Crippen LogP contribution in [-0.4, -0.2) is 5.24 Å². The molecule has 0 saturated heterocycles. The summed E-state index contributed by atoms with van der Waals surface area (Å²) in [5, 5.41) is -0.341. The third kappa shape index (κ3) is 2.76. The monoisotopic (exact) mass is 334 g/mol. The molecule has 24 heavy (non-hydrogen) atoms. The van der Waals surface area contributed by atoms with Gasteiger partial charge in [0.1, 0.15) is 0 Å². The highest BCUT2D eigenvalue weighted by Crippen LogP contribution is 2.45. The maximum atomic E-state index is 12.3. The average molecular weight is 335 g/mol. The van der Waals surface area contributed by atoms with Crippen LogP contribution in [0.5, 0.6) is 0 Å². The number of hydrogen-bond acceptors (Lipinski definition) is 1. The van der Waals surface area contributed by atoms with Crippen LogP contribution < -0.4 is 0 Å². The molecule has 3 aromatic rings. The first-order valence-corrected chi connectivity index (χ1v) is 8.41. The molecule has 0 heterocycles. The highest BCUT2D eigenvalue weighted by molar-refractivity contribution is 6.64. The molecule has 0 aromatic heterocycles. The van der Waals surface area contributed by atoms with Crippen molar-refractivity contribution in [1.29, 1.82) is 0 Å². The first-order valence-electron chi connectivity index (χ1n) is 8.03. The number of hydrogen-bond donors (Lipinski definition) is 0. The average Bonchev–Trinajstić information content (AvgIpc) is 2.65. The van der Waals surface area contributed by atoms with Crippen LogP contribution in [0.15, 0.2) is 91.0 Å². The highest BCUT2D eigenvalue weighted by atomic mass is 35.5. The molecule has 2 heteroatoms. The third-order valence-electron chi connectivity index (χ3n) is 4.68. The van der Waals surface area contributed by atoms with Crippen molar-refractivity contribution < 1.29 is 4.79 Å². The van der Waals surface area contributed by atoms with E-state index in [9.17, 15) is 4.79 Å². The minimum absolute atomic E-state index is 0.341. The SMILES string of the molecule is CC(C(=O)Cl)C(c1ccccc1)(c1ccccc1)c1ccccc1. The molecule has 0 aliphatic rings. The highest BCUT2D eigenvalue weighted by Gasteiger charge is 2.44. The fraction of sp³-hybridized carbons (Fsp3) is 0.136. The van der Waals surface area contributed by atoms with Gasteiger partial charge in [-0.1, -0.05) is 97.9 Å². The molecule has 3 aromatic carbocycles. The lowest BCUT2D eigenvalue weighted by Gasteiger charge is -2.39. The summed E-state index contributed by atoms with van der Waals surface area (Å²) in [6.45, 7) is 1.91. The topological polar surface area (TPSA) is 17.1 Å². The van der Waals surface area contributed by atoms with Gasteiger partial charge in [-0.2, -0.15) is 0 Å². The van der Waals surface area contributed by atoms with E-state index in [2.05, 4.69) is 36.4 Å².